The lowest BCUT2D eigenvalue weighted by Gasteiger charge is -2.38. The number of carbonyl (C=O) groups excluding carboxylic acids is 1. The maximum atomic E-state index is 13.0. The van der Waals surface area contributed by atoms with Crippen LogP contribution < -0.4 is 0 Å². The molecule has 0 bridgehead atoms. The summed E-state index contributed by atoms with van der Waals surface area (Å²) in [5.41, 5.74) is 4.89. The summed E-state index contributed by atoms with van der Waals surface area (Å²) in [5.74, 6) is 0.237. The maximum absolute atomic E-state index is 13.0. The van der Waals surface area contributed by atoms with Crippen LogP contribution in [0.4, 0.5) is 0 Å². The lowest BCUT2D eigenvalue weighted by molar-refractivity contribution is -0.135. The smallest absolute Gasteiger partial charge is 0.226 e. The van der Waals surface area contributed by atoms with Crippen molar-refractivity contribution in [2.75, 3.05) is 13.1 Å². The van der Waals surface area contributed by atoms with Crippen molar-refractivity contribution in [3.8, 4) is 28.1 Å². The van der Waals surface area contributed by atoms with Gasteiger partial charge >= 0.3 is 0 Å². The Bertz CT molecular complexity index is 1600. The Morgan fingerprint density at radius 1 is 0.974 bits per heavy atom. The first-order valence-electron chi connectivity index (χ1n) is 13.0. The fourth-order valence-corrected chi connectivity index (χ4v) is 5.50. The van der Waals surface area contributed by atoms with Crippen molar-refractivity contribution in [1.82, 2.24) is 14.9 Å². The van der Waals surface area contributed by atoms with Gasteiger partial charge in [-0.3, -0.25) is 9.78 Å². The Kier molecular flexibility index (Phi) is 6.59. The second-order valence-corrected chi connectivity index (χ2v) is 10.6. The summed E-state index contributed by atoms with van der Waals surface area (Å²) in [6, 6.07) is 24.6. The van der Waals surface area contributed by atoms with Gasteiger partial charge < -0.3 is 20.1 Å². The normalized spacial score (nSPS) is 15.0. The van der Waals surface area contributed by atoms with Crippen LogP contribution in [0.15, 0.2) is 91.3 Å². The first kappa shape index (κ1) is 25.2. The number of likely N-dealkylation sites (tertiary alicyclic amines) is 1. The molecular formula is C32H28ClN3O3. The van der Waals surface area contributed by atoms with Crippen molar-refractivity contribution in [3.63, 3.8) is 0 Å². The minimum atomic E-state index is -0.941. The summed E-state index contributed by atoms with van der Waals surface area (Å²) in [7, 11) is 0. The second kappa shape index (κ2) is 10.2. The van der Waals surface area contributed by atoms with Crippen LogP contribution in [-0.2, 0) is 16.8 Å². The zero-order valence-corrected chi connectivity index (χ0v) is 22.0. The molecule has 0 spiro atoms. The monoisotopic (exact) mass is 537 g/mol. The molecule has 1 aliphatic rings. The summed E-state index contributed by atoms with van der Waals surface area (Å²) >= 11 is 5.99. The van der Waals surface area contributed by atoms with Crippen LogP contribution in [0.2, 0.25) is 5.02 Å². The van der Waals surface area contributed by atoms with Crippen molar-refractivity contribution >= 4 is 28.4 Å². The van der Waals surface area contributed by atoms with Crippen LogP contribution >= 0.6 is 11.6 Å². The van der Waals surface area contributed by atoms with Gasteiger partial charge in [-0.15, -0.1) is 0 Å². The number of H-pyrrole nitrogens is 1. The molecule has 0 radical (unpaired) electrons. The number of fused-ring (bicyclic) bond motifs is 1. The zero-order valence-electron chi connectivity index (χ0n) is 21.3. The van der Waals surface area contributed by atoms with E-state index in [2.05, 4.69) is 9.97 Å². The molecule has 196 valence electrons. The number of benzene rings is 3. The van der Waals surface area contributed by atoms with Gasteiger partial charge in [-0.25, -0.2) is 0 Å². The number of aliphatic hydroxyl groups is 1. The number of nitrogens with one attached hydrogen (secondary N) is 1. The lowest BCUT2D eigenvalue weighted by Crippen LogP contribution is -2.45. The molecule has 3 N–H and O–H groups in total. The van der Waals surface area contributed by atoms with Gasteiger partial charge in [0.2, 0.25) is 5.91 Å². The van der Waals surface area contributed by atoms with E-state index in [1.165, 1.54) is 0 Å². The zero-order chi connectivity index (χ0) is 27.0. The van der Waals surface area contributed by atoms with Crippen LogP contribution in [-0.4, -0.2) is 44.1 Å². The van der Waals surface area contributed by atoms with Crippen molar-refractivity contribution in [1.29, 1.82) is 0 Å². The minimum Gasteiger partial charge on any atom is -0.507 e. The molecule has 0 saturated carbocycles. The topological polar surface area (TPSA) is 89.5 Å². The van der Waals surface area contributed by atoms with Crippen LogP contribution in [0, 0.1) is 0 Å². The van der Waals surface area contributed by atoms with E-state index in [1.54, 1.807) is 24.5 Å². The number of rotatable bonds is 5. The van der Waals surface area contributed by atoms with E-state index < -0.39 is 5.60 Å². The van der Waals surface area contributed by atoms with E-state index in [-0.39, 0.29) is 18.1 Å². The van der Waals surface area contributed by atoms with E-state index in [4.69, 9.17) is 11.6 Å². The van der Waals surface area contributed by atoms with Gasteiger partial charge in [0.25, 0.3) is 0 Å². The van der Waals surface area contributed by atoms with Gasteiger partial charge in [-0.1, -0.05) is 60.1 Å². The van der Waals surface area contributed by atoms with Gasteiger partial charge in [0.15, 0.2) is 0 Å². The Hall–Kier alpha value is -4.13. The van der Waals surface area contributed by atoms with E-state index in [0.29, 0.717) is 36.5 Å². The number of hydrogen-bond acceptors (Lipinski definition) is 4. The lowest BCUT2D eigenvalue weighted by atomic mass is 9.84. The molecule has 39 heavy (non-hydrogen) atoms. The summed E-state index contributed by atoms with van der Waals surface area (Å²) in [6.07, 6.45) is 4.79. The van der Waals surface area contributed by atoms with Crippen LogP contribution in [0.5, 0.6) is 5.75 Å². The predicted octanol–water partition coefficient (Wildman–Crippen LogP) is 6.31. The van der Waals surface area contributed by atoms with E-state index in [0.717, 1.165) is 38.9 Å². The molecule has 1 amide bonds. The van der Waals surface area contributed by atoms with E-state index >= 15 is 0 Å². The molecule has 3 heterocycles. The predicted molar refractivity (Wildman–Crippen MR) is 153 cm³/mol. The molecule has 1 fully saturated rings. The third-order valence-corrected chi connectivity index (χ3v) is 7.94. The molecule has 1 aliphatic heterocycles. The fraction of sp³-hybridized carbons (Fsp3) is 0.188. The van der Waals surface area contributed by atoms with Gasteiger partial charge in [0.1, 0.15) is 5.75 Å². The number of piperidine rings is 1. The third-order valence-electron chi connectivity index (χ3n) is 7.69. The number of phenols is 1. The fourth-order valence-electron chi connectivity index (χ4n) is 5.37. The summed E-state index contributed by atoms with van der Waals surface area (Å²) in [5, 5.41) is 23.8. The van der Waals surface area contributed by atoms with Crippen LogP contribution in [0.25, 0.3) is 33.3 Å². The first-order chi connectivity index (χ1) is 18.9. The highest BCUT2D eigenvalue weighted by molar-refractivity contribution is 6.30. The number of nitrogens with zero attached hydrogens (tertiary/aromatic N) is 2. The SMILES string of the molecule is O=C(Cc1ccc(-c2cccc(-c3cc4cnccc4[nH]3)c2O)cc1)N1CCC(O)(c2ccc(Cl)cc2)CC1. The summed E-state index contributed by atoms with van der Waals surface area (Å²) < 4.78 is 0. The van der Waals surface area contributed by atoms with Crippen LogP contribution in [0.1, 0.15) is 24.0 Å². The summed E-state index contributed by atoms with van der Waals surface area (Å²) in [6.45, 7) is 1.00. The van der Waals surface area contributed by atoms with E-state index in [9.17, 15) is 15.0 Å². The first-order valence-corrected chi connectivity index (χ1v) is 13.4. The Morgan fingerprint density at radius 2 is 1.69 bits per heavy atom. The van der Waals surface area contributed by atoms with Crippen LogP contribution in [0.3, 0.4) is 0 Å². The number of aromatic amines is 1. The highest BCUT2D eigenvalue weighted by atomic mass is 35.5. The number of para-hydroxylation sites is 1. The number of phenolic OH excluding ortho intramolecular Hbond substituents is 1. The maximum Gasteiger partial charge on any atom is 0.226 e. The Morgan fingerprint density at radius 3 is 2.41 bits per heavy atom. The molecule has 2 aromatic heterocycles. The largest absolute Gasteiger partial charge is 0.507 e. The quantitative estimate of drug-likeness (QED) is 0.245. The van der Waals surface area contributed by atoms with E-state index in [1.807, 2.05) is 71.6 Å². The Balaban J connectivity index is 1.13. The van der Waals surface area contributed by atoms with Crippen molar-refractivity contribution in [2.45, 2.75) is 24.9 Å². The van der Waals surface area contributed by atoms with Crippen molar-refractivity contribution in [3.05, 3.63) is 107 Å². The number of aromatic nitrogens is 2. The van der Waals surface area contributed by atoms with Crippen molar-refractivity contribution in [2.24, 2.45) is 0 Å². The molecule has 7 heteroatoms. The standard InChI is InChI=1S/C32H28ClN3O3/c33-25-10-8-24(9-11-25)32(39)13-16-36(17-14-32)30(37)18-21-4-6-22(7-5-21)26-2-1-3-27(31(26)38)29-19-23-20-34-15-12-28(23)35-29/h1-12,15,19-20,35,38-39H,13-14,16-18H2. The van der Waals surface area contributed by atoms with Gasteiger partial charge in [0.05, 0.1) is 17.7 Å². The molecule has 6 rings (SSSR count). The molecule has 0 unspecified atom stereocenters. The molecule has 3 aromatic carbocycles. The number of aromatic hydroxyl groups is 1. The number of amides is 1. The molecule has 0 aliphatic carbocycles. The number of halogens is 1. The molecule has 1 saturated heterocycles. The van der Waals surface area contributed by atoms with Gasteiger partial charge in [-0.2, -0.15) is 0 Å². The number of pyridine rings is 1. The molecule has 0 atom stereocenters. The number of carbonyl (C=O) groups is 1. The second-order valence-electron chi connectivity index (χ2n) is 10.1. The van der Waals surface area contributed by atoms with Gasteiger partial charge in [-0.05, 0) is 59.9 Å². The van der Waals surface area contributed by atoms with Crippen molar-refractivity contribution < 1.29 is 15.0 Å². The molecule has 5 aromatic rings. The minimum absolute atomic E-state index is 0.0408. The highest BCUT2D eigenvalue weighted by Gasteiger charge is 2.35. The molecule has 6 nitrogen and oxygen atoms in total. The average molecular weight is 538 g/mol. The summed E-state index contributed by atoms with van der Waals surface area (Å²) in [4.78, 5) is 22.4. The highest BCUT2D eigenvalue weighted by Crippen LogP contribution is 2.39. The Labute approximate surface area is 231 Å². The van der Waals surface area contributed by atoms with Gasteiger partial charge in [0, 0.05) is 52.5 Å². The number of hydrogen-bond donors (Lipinski definition) is 3. The third kappa shape index (κ3) is 5.01. The average Bonchev–Trinajstić information content (AvgIpc) is 3.38. The molecular weight excluding hydrogens is 510 g/mol.